The van der Waals surface area contributed by atoms with Crippen molar-refractivity contribution in [3.8, 4) is 0 Å². The average Bonchev–Trinajstić information content (AvgIpc) is 2.70. The fourth-order valence-electron chi connectivity index (χ4n) is 4.05. The number of carbonyl (C=O) groups is 2. The Labute approximate surface area is 180 Å². The van der Waals surface area contributed by atoms with E-state index >= 15 is 0 Å². The fourth-order valence-corrected chi connectivity index (χ4v) is 4.05. The molecule has 6 nitrogen and oxygen atoms in total. The maximum atomic E-state index is 13.5. The molecular formula is C25H24N2O4. The summed E-state index contributed by atoms with van der Waals surface area (Å²) in [7, 11) is 0. The second kappa shape index (κ2) is 7.01. The predicted molar refractivity (Wildman–Crippen MR) is 122 cm³/mol. The Bertz CT molecular complexity index is 1320. The number of hydrogen-bond donors (Lipinski definition) is 2. The van der Waals surface area contributed by atoms with Gasteiger partial charge in [-0.3, -0.25) is 19.2 Å². The average molecular weight is 416 g/mol. The summed E-state index contributed by atoms with van der Waals surface area (Å²) < 4.78 is 0. The summed E-state index contributed by atoms with van der Waals surface area (Å²) in [5, 5.41) is 6.31. The topological polar surface area (TPSA) is 92.3 Å². The van der Waals surface area contributed by atoms with Crippen LogP contribution in [0.25, 0.3) is 0 Å². The Balaban J connectivity index is 1.93. The van der Waals surface area contributed by atoms with Crippen LogP contribution < -0.4 is 21.5 Å². The van der Waals surface area contributed by atoms with Crippen LogP contribution in [0, 0.1) is 0 Å². The van der Waals surface area contributed by atoms with Crippen LogP contribution in [-0.4, -0.2) is 17.1 Å². The van der Waals surface area contributed by atoms with Crippen LogP contribution in [0.15, 0.2) is 46.0 Å². The van der Waals surface area contributed by atoms with Crippen molar-refractivity contribution in [3.05, 3.63) is 84.7 Å². The van der Waals surface area contributed by atoms with Crippen LogP contribution >= 0.6 is 0 Å². The lowest BCUT2D eigenvalue weighted by molar-refractivity contribution is 0.0980. The van der Waals surface area contributed by atoms with Crippen molar-refractivity contribution in [1.29, 1.82) is 0 Å². The van der Waals surface area contributed by atoms with Gasteiger partial charge >= 0.3 is 0 Å². The van der Waals surface area contributed by atoms with Crippen LogP contribution in [0.4, 0.5) is 17.1 Å². The predicted octanol–water partition coefficient (Wildman–Crippen LogP) is 4.14. The normalized spacial score (nSPS) is 13.4. The Morgan fingerprint density at radius 2 is 1.26 bits per heavy atom. The Kier molecular flexibility index (Phi) is 4.69. The lowest BCUT2D eigenvalue weighted by atomic mass is 9.81. The van der Waals surface area contributed by atoms with Crippen LogP contribution in [-0.2, 0) is 0 Å². The van der Waals surface area contributed by atoms with Crippen molar-refractivity contribution in [2.45, 2.75) is 46.1 Å². The van der Waals surface area contributed by atoms with Gasteiger partial charge in [-0.2, -0.15) is 0 Å². The van der Waals surface area contributed by atoms with Gasteiger partial charge in [-0.05, 0) is 38.8 Å². The minimum Gasteiger partial charge on any atom is -0.380 e. The standard InChI is InChI=1S/C25H24N2O4/c1-12(2)17-20(24(31)23(17)30)26-15-10-11-16(27-25(3,4)5)19-18(15)21(28)13-8-6-7-9-14(13)22(19)29/h6-12,26-27H,1-5H3. The molecule has 3 aromatic carbocycles. The molecule has 0 bridgehead atoms. The molecule has 1 aliphatic rings. The third kappa shape index (κ3) is 3.28. The maximum Gasteiger partial charge on any atom is 0.249 e. The van der Waals surface area contributed by atoms with Gasteiger partial charge in [0, 0.05) is 27.9 Å². The van der Waals surface area contributed by atoms with Crippen LogP contribution in [0.5, 0.6) is 0 Å². The number of hydrogen-bond acceptors (Lipinski definition) is 6. The number of ketones is 2. The van der Waals surface area contributed by atoms with Gasteiger partial charge in [0.1, 0.15) is 0 Å². The molecule has 0 saturated heterocycles. The van der Waals surface area contributed by atoms with E-state index in [9.17, 15) is 19.2 Å². The van der Waals surface area contributed by atoms with Crippen molar-refractivity contribution in [2.24, 2.45) is 0 Å². The van der Waals surface area contributed by atoms with E-state index in [4.69, 9.17) is 0 Å². The summed E-state index contributed by atoms with van der Waals surface area (Å²) in [5.74, 6) is -0.687. The lowest BCUT2D eigenvalue weighted by Gasteiger charge is -2.28. The van der Waals surface area contributed by atoms with Crippen LogP contribution in [0.2, 0.25) is 0 Å². The molecule has 158 valence electrons. The molecule has 0 atom stereocenters. The van der Waals surface area contributed by atoms with E-state index in [1.807, 2.05) is 34.6 Å². The molecule has 0 spiro atoms. The zero-order valence-electron chi connectivity index (χ0n) is 18.2. The molecule has 31 heavy (non-hydrogen) atoms. The number of benzene rings is 2. The molecule has 0 radical (unpaired) electrons. The van der Waals surface area contributed by atoms with Crippen molar-refractivity contribution < 1.29 is 9.59 Å². The molecule has 0 heterocycles. The van der Waals surface area contributed by atoms with Gasteiger partial charge in [-0.25, -0.2) is 0 Å². The summed E-state index contributed by atoms with van der Waals surface area (Å²) in [6, 6.07) is 10.1. The van der Waals surface area contributed by atoms with Gasteiger partial charge in [0.2, 0.25) is 10.9 Å². The second-order valence-corrected chi connectivity index (χ2v) is 9.22. The van der Waals surface area contributed by atoms with Crippen molar-refractivity contribution in [2.75, 3.05) is 10.6 Å². The minimum atomic E-state index is -0.607. The summed E-state index contributed by atoms with van der Waals surface area (Å²) in [4.78, 5) is 51.1. The van der Waals surface area contributed by atoms with E-state index in [2.05, 4.69) is 10.6 Å². The van der Waals surface area contributed by atoms with E-state index in [1.54, 1.807) is 36.4 Å². The van der Waals surface area contributed by atoms with Gasteiger partial charge < -0.3 is 10.6 Å². The summed E-state index contributed by atoms with van der Waals surface area (Å²) in [5.41, 5.74) is 1.20. The molecule has 0 aromatic heterocycles. The highest BCUT2D eigenvalue weighted by Crippen LogP contribution is 2.38. The molecule has 0 unspecified atom stereocenters. The Morgan fingerprint density at radius 1 is 0.742 bits per heavy atom. The molecule has 1 aliphatic carbocycles. The number of carbonyl (C=O) groups excluding carboxylic acids is 2. The minimum absolute atomic E-state index is 0.136. The van der Waals surface area contributed by atoms with E-state index in [0.717, 1.165) is 0 Å². The molecule has 4 rings (SSSR count). The van der Waals surface area contributed by atoms with E-state index in [-0.39, 0.29) is 39.8 Å². The largest absolute Gasteiger partial charge is 0.380 e. The van der Waals surface area contributed by atoms with Crippen molar-refractivity contribution in [3.63, 3.8) is 0 Å². The summed E-state index contributed by atoms with van der Waals surface area (Å²) in [6.45, 7) is 9.56. The fraction of sp³-hybridized carbons (Fsp3) is 0.280. The molecule has 3 aromatic rings. The first-order valence-electron chi connectivity index (χ1n) is 10.2. The first kappa shape index (κ1) is 20.7. The van der Waals surface area contributed by atoms with Gasteiger partial charge in [0.05, 0.1) is 22.5 Å². The molecule has 2 N–H and O–H groups in total. The third-order valence-corrected chi connectivity index (χ3v) is 5.37. The van der Waals surface area contributed by atoms with E-state index in [1.165, 1.54) is 0 Å². The highest BCUT2D eigenvalue weighted by molar-refractivity contribution is 6.32. The zero-order valence-corrected chi connectivity index (χ0v) is 18.2. The Morgan fingerprint density at radius 3 is 1.77 bits per heavy atom. The Hall–Kier alpha value is -3.54. The van der Waals surface area contributed by atoms with Gasteiger partial charge in [0.25, 0.3) is 0 Å². The smallest absolute Gasteiger partial charge is 0.249 e. The van der Waals surface area contributed by atoms with Gasteiger partial charge in [-0.1, -0.05) is 38.1 Å². The van der Waals surface area contributed by atoms with Gasteiger partial charge in [-0.15, -0.1) is 0 Å². The highest BCUT2D eigenvalue weighted by Gasteiger charge is 2.35. The van der Waals surface area contributed by atoms with Crippen molar-refractivity contribution >= 4 is 28.6 Å². The highest BCUT2D eigenvalue weighted by atomic mass is 16.2. The van der Waals surface area contributed by atoms with Crippen molar-refractivity contribution in [1.82, 2.24) is 0 Å². The zero-order chi connectivity index (χ0) is 22.7. The number of fused-ring (bicyclic) bond motifs is 2. The van der Waals surface area contributed by atoms with E-state index < -0.39 is 10.9 Å². The SMILES string of the molecule is CC(C)c1c(Nc2ccc(NC(C)(C)C)c3c2C(=O)c2ccccc2C3=O)c(=O)c1=O. The molecule has 6 heteroatoms. The number of nitrogens with one attached hydrogen (secondary N) is 2. The molecular weight excluding hydrogens is 392 g/mol. The first-order chi connectivity index (χ1) is 14.5. The lowest BCUT2D eigenvalue weighted by Crippen LogP contribution is -2.38. The second-order valence-electron chi connectivity index (χ2n) is 9.22. The third-order valence-electron chi connectivity index (χ3n) is 5.37. The first-order valence-corrected chi connectivity index (χ1v) is 10.2. The van der Waals surface area contributed by atoms with Gasteiger partial charge in [0.15, 0.2) is 11.6 Å². The maximum absolute atomic E-state index is 13.5. The molecule has 0 aliphatic heterocycles. The molecule has 0 amide bonds. The van der Waals surface area contributed by atoms with Crippen LogP contribution in [0.3, 0.4) is 0 Å². The summed E-state index contributed by atoms with van der Waals surface area (Å²) in [6.07, 6.45) is 0. The molecule has 0 fully saturated rings. The number of anilines is 3. The van der Waals surface area contributed by atoms with Crippen LogP contribution in [0.1, 0.15) is 77.9 Å². The number of rotatable bonds is 4. The van der Waals surface area contributed by atoms with E-state index in [0.29, 0.717) is 28.1 Å². The molecule has 0 saturated carbocycles. The summed E-state index contributed by atoms with van der Waals surface area (Å²) >= 11 is 0. The quantitative estimate of drug-likeness (QED) is 0.486. The monoisotopic (exact) mass is 416 g/mol.